The average molecular weight is 412 g/mol. The Morgan fingerprint density at radius 3 is 2.77 bits per heavy atom. The lowest BCUT2D eigenvalue weighted by atomic mass is 9.80. The molecule has 0 saturated heterocycles. The quantitative estimate of drug-likeness (QED) is 0.613. The van der Waals surface area contributed by atoms with Crippen molar-refractivity contribution in [2.75, 3.05) is 6.61 Å². The maximum Gasteiger partial charge on any atom is 0.329 e. The van der Waals surface area contributed by atoms with Crippen LogP contribution in [-0.4, -0.2) is 34.6 Å². The second-order valence-electron chi connectivity index (χ2n) is 7.95. The number of hydrogen-bond acceptors (Lipinski definition) is 4. The summed E-state index contributed by atoms with van der Waals surface area (Å²) >= 11 is 0. The zero-order valence-electron chi connectivity index (χ0n) is 17.8. The molecule has 1 amide bonds. The number of H-pyrrole nitrogens is 1. The highest BCUT2D eigenvalue weighted by Gasteiger charge is 2.50. The number of benzene rings is 1. The Balaban J connectivity index is 2.19. The summed E-state index contributed by atoms with van der Waals surface area (Å²) < 4.78 is 6.19. The predicted molar refractivity (Wildman–Crippen MR) is 113 cm³/mol. The van der Waals surface area contributed by atoms with Crippen LogP contribution in [0, 0.1) is 18.3 Å². The van der Waals surface area contributed by atoms with Crippen molar-refractivity contribution in [2.24, 2.45) is 0 Å². The van der Waals surface area contributed by atoms with Gasteiger partial charge in [0.05, 0.1) is 29.5 Å². The number of aromatic amines is 1. The summed E-state index contributed by atoms with van der Waals surface area (Å²) in [6.45, 7) is 6.23. The summed E-state index contributed by atoms with van der Waals surface area (Å²) in [7, 11) is 0. The maximum absolute atomic E-state index is 12.5. The molecule has 2 atom stereocenters. The molecule has 0 radical (unpaired) electrons. The van der Waals surface area contributed by atoms with Crippen LogP contribution in [0.2, 0.25) is 0 Å². The lowest BCUT2D eigenvalue weighted by Crippen LogP contribution is -2.58. The fourth-order valence-corrected chi connectivity index (χ4v) is 4.51. The molecule has 160 valence electrons. The number of hydrogen-bond donors (Lipinski definition) is 3. The number of rotatable bonds is 8. The van der Waals surface area contributed by atoms with Crippen LogP contribution in [-0.2, 0) is 26.3 Å². The van der Waals surface area contributed by atoms with E-state index in [-0.39, 0.29) is 12.3 Å². The maximum atomic E-state index is 12.5. The summed E-state index contributed by atoms with van der Waals surface area (Å²) in [5, 5.41) is 23.3. The lowest BCUT2D eigenvalue weighted by Gasteiger charge is -2.41. The van der Waals surface area contributed by atoms with E-state index in [1.54, 1.807) is 6.07 Å². The molecule has 2 heterocycles. The van der Waals surface area contributed by atoms with Crippen molar-refractivity contribution in [1.82, 2.24) is 10.3 Å². The fraction of sp³-hybridized carbons (Fsp3) is 0.522. The van der Waals surface area contributed by atoms with Crippen LogP contribution in [0.3, 0.4) is 0 Å². The molecule has 0 bridgehead atoms. The summed E-state index contributed by atoms with van der Waals surface area (Å²) in [6.07, 6.45) is 3.51. The molecule has 0 aliphatic carbocycles. The molecule has 1 aliphatic heterocycles. The molecule has 0 saturated carbocycles. The predicted octanol–water partition coefficient (Wildman–Crippen LogP) is 3.68. The Morgan fingerprint density at radius 2 is 2.13 bits per heavy atom. The van der Waals surface area contributed by atoms with Gasteiger partial charge in [0.15, 0.2) is 6.04 Å². The third kappa shape index (κ3) is 3.68. The molecule has 7 heteroatoms. The van der Waals surface area contributed by atoms with Gasteiger partial charge in [0.1, 0.15) is 5.60 Å². The van der Waals surface area contributed by atoms with Gasteiger partial charge in [-0.2, -0.15) is 5.26 Å². The number of ether oxygens (including phenoxy) is 1. The third-order valence-corrected chi connectivity index (χ3v) is 5.92. The minimum Gasteiger partial charge on any atom is -0.480 e. The van der Waals surface area contributed by atoms with E-state index in [0.717, 1.165) is 28.5 Å². The smallest absolute Gasteiger partial charge is 0.329 e. The van der Waals surface area contributed by atoms with Crippen molar-refractivity contribution < 1.29 is 19.4 Å². The molecule has 3 N–H and O–H groups in total. The number of unbranched alkanes of at least 4 members (excludes halogenated alkanes) is 1. The summed E-state index contributed by atoms with van der Waals surface area (Å²) in [5.74, 6) is -1.42. The first-order valence-corrected chi connectivity index (χ1v) is 10.6. The number of fused-ring (bicyclic) bond motifs is 3. The SMILES string of the molecule is CCCCC(=O)N[C@@H](C(=O)O)[C@@]1(CCC)OCCc2c1[nH]c1c(C)ccc(C#N)c21. The number of aliphatic carboxylic acids is 1. The second-order valence-corrected chi connectivity index (χ2v) is 7.95. The second kappa shape index (κ2) is 8.88. The minimum absolute atomic E-state index is 0.278. The molecule has 0 unspecified atom stereocenters. The first-order valence-electron chi connectivity index (χ1n) is 10.6. The van der Waals surface area contributed by atoms with Crippen LogP contribution in [0.25, 0.3) is 10.9 Å². The Kier molecular flexibility index (Phi) is 6.47. The first-order chi connectivity index (χ1) is 14.4. The minimum atomic E-state index is -1.22. The molecular formula is C23H29N3O4. The van der Waals surface area contributed by atoms with Gasteiger partial charge >= 0.3 is 5.97 Å². The number of carboxylic acid groups (broad SMARTS) is 1. The van der Waals surface area contributed by atoms with E-state index < -0.39 is 17.6 Å². The molecular weight excluding hydrogens is 382 g/mol. The van der Waals surface area contributed by atoms with Crippen LogP contribution in [0.1, 0.15) is 68.3 Å². The number of nitrogens with zero attached hydrogens (tertiary/aromatic N) is 1. The van der Waals surface area contributed by atoms with Crippen LogP contribution < -0.4 is 5.32 Å². The van der Waals surface area contributed by atoms with Gasteiger partial charge in [-0.15, -0.1) is 0 Å². The topological polar surface area (TPSA) is 115 Å². The molecule has 7 nitrogen and oxygen atoms in total. The summed E-state index contributed by atoms with van der Waals surface area (Å²) in [6, 6.07) is 4.71. The van der Waals surface area contributed by atoms with Crippen LogP contribution >= 0.6 is 0 Å². The van der Waals surface area contributed by atoms with Crippen LogP contribution in [0.5, 0.6) is 0 Å². The number of nitriles is 1. The standard InChI is InChI=1S/C23H29N3O4/c1-4-6-7-17(27)25-21(22(28)29)23(11-5-2)20-16(10-12-30-23)18-15(13-24)9-8-14(3)19(18)26-20/h8-9,21,26H,4-7,10-12H2,1-3H3,(H,25,27)(H,28,29)/t21-,23-/m0/s1. The average Bonchev–Trinajstić information content (AvgIpc) is 3.13. The highest BCUT2D eigenvalue weighted by molar-refractivity contribution is 5.93. The van der Waals surface area contributed by atoms with Crippen molar-refractivity contribution in [1.29, 1.82) is 5.26 Å². The van der Waals surface area contributed by atoms with E-state index >= 15 is 0 Å². The highest BCUT2D eigenvalue weighted by Crippen LogP contribution is 2.43. The number of aryl methyl sites for hydroxylation is 1. The van der Waals surface area contributed by atoms with Crippen molar-refractivity contribution in [3.8, 4) is 6.07 Å². The molecule has 30 heavy (non-hydrogen) atoms. The Hall–Kier alpha value is -2.85. The van der Waals surface area contributed by atoms with Gasteiger partial charge < -0.3 is 20.1 Å². The van der Waals surface area contributed by atoms with Gasteiger partial charge in [-0.05, 0) is 43.4 Å². The third-order valence-electron chi connectivity index (χ3n) is 5.92. The van der Waals surface area contributed by atoms with E-state index in [9.17, 15) is 20.0 Å². The summed E-state index contributed by atoms with van der Waals surface area (Å²) in [5.41, 5.74) is 2.72. The number of carbonyl (C=O) groups is 2. The van der Waals surface area contributed by atoms with E-state index in [4.69, 9.17) is 4.74 Å². The summed E-state index contributed by atoms with van der Waals surface area (Å²) in [4.78, 5) is 28.2. The number of carbonyl (C=O) groups excluding carboxylic acids is 1. The zero-order valence-corrected chi connectivity index (χ0v) is 17.8. The number of amides is 1. The molecule has 1 aromatic carbocycles. The van der Waals surface area contributed by atoms with Gasteiger partial charge in [-0.25, -0.2) is 4.79 Å². The van der Waals surface area contributed by atoms with E-state index in [1.165, 1.54) is 0 Å². The van der Waals surface area contributed by atoms with Crippen LogP contribution in [0.4, 0.5) is 0 Å². The lowest BCUT2D eigenvalue weighted by molar-refractivity contribution is -0.160. The van der Waals surface area contributed by atoms with E-state index in [2.05, 4.69) is 16.4 Å². The van der Waals surface area contributed by atoms with Crippen molar-refractivity contribution in [3.05, 3.63) is 34.5 Å². The van der Waals surface area contributed by atoms with Gasteiger partial charge in [0.2, 0.25) is 5.91 Å². The number of carboxylic acids is 1. The van der Waals surface area contributed by atoms with E-state index in [0.29, 0.717) is 43.5 Å². The largest absolute Gasteiger partial charge is 0.480 e. The molecule has 1 aliphatic rings. The van der Waals surface area contributed by atoms with Gasteiger partial charge in [-0.1, -0.05) is 32.8 Å². The molecule has 0 spiro atoms. The Bertz CT molecular complexity index is 1000. The van der Waals surface area contributed by atoms with Crippen molar-refractivity contribution in [2.45, 2.75) is 70.9 Å². The first kappa shape index (κ1) is 21.8. The highest BCUT2D eigenvalue weighted by atomic mass is 16.5. The van der Waals surface area contributed by atoms with Gasteiger partial charge in [0, 0.05) is 11.8 Å². The van der Waals surface area contributed by atoms with E-state index in [1.807, 2.05) is 26.8 Å². The zero-order chi connectivity index (χ0) is 21.9. The molecule has 3 rings (SSSR count). The Labute approximate surface area is 176 Å². The molecule has 2 aromatic rings. The van der Waals surface area contributed by atoms with Crippen LogP contribution in [0.15, 0.2) is 12.1 Å². The van der Waals surface area contributed by atoms with Crippen molar-refractivity contribution >= 4 is 22.8 Å². The van der Waals surface area contributed by atoms with Gasteiger partial charge in [-0.3, -0.25) is 4.79 Å². The normalized spacial score (nSPS) is 19.1. The molecule has 0 fully saturated rings. The number of aromatic nitrogens is 1. The monoisotopic (exact) mass is 411 g/mol. The van der Waals surface area contributed by atoms with Gasteiger partial charge in [0.25, 0.3) is 0 Å². The van der Waals surface area contributed by atoms with Crippen molar-refractivity contribution in [3.63, 3.8) is 0 Å². The number of nitrogens with one attached hydrogen (secondary N) is 2. The fourth-order valence-electron chi connectivity index (χ4n) is 4.51. The Morgan fingerprint density at radius 1 is 1.37 bits per heavy atom. The molecule has 1 aromatic heterocycles.